The fourth-order valence-electron chi connectivity index (χ4n) is 1.90. The fraction of sp³-hybridized carbons (Fsp3) is 0.188. The third-order valence-corrected chi connectivity index (χ3v) is 3.85. The van der Waals surface area contributed by atoms with E-state index in [9.17, 15) is 0 Å². The van der Waals surface area contributed by atoms with Crippen LogP contribution in [-0.4, -0.2) is 7.11 Å². The summed E-state index contributed by atoms with van der Waals surface area (Å²) in [5, 5.41) is 9.09. The Balaban J connectivity index is 2.26. The summed E-state index contributed by atoms with van der Waals surface area (Å²) in [6.07, 6.45) is 0. The van der Waals surface area contributed by atoms with Crippen molar-refractivity contribution in [1.82, 2.24) is 0 Å². The minimum Gasteiger partial charge on any atom is -0.493 e. The number of rotatable bonds is 5. The third kappa shape index (κ3) is 3.69. The Bertz CT molecular complexity index is 682. The lowest BCUT2D eigenvalue weighted by Gasteiger charge is -2.14. The van der Waals surface area contributed by atoms with Crippen LogP contribution in [0.3, 0.4) is 0 Å². The molecule has 0 heterocycles. The number of halogens is 2. The van der Waals surface area contributed by atoms with Crippen molar-refractivity contribution in [2.45, 2.75) is 12.5 Å². The highest BCUT2D eigenvalue weighted by molar-refractivity contribution is 9.10. The van der Waals surface area contributed by atoms with E-state index in [-0.39, 0.29) is 0 Å². The highest BCUT2D eigenvalue weighted by Gasteiger charge is 2.12. The molecule has 0 aliphatic carbocycles. The first-order chi connectivity index (χ1) is 10.2. The Hall–Kier alpha value is -1.70. The number of nitrogens with zero attached hydrogens (tertiary/aromatic N) is 1. The van der Waals surface area contributed by atoms with Crippen LogP contribution in [0.15, 0.2) is 40.9 Å². The van der Waals surface area contributed by atoms with Crippen molar-refractivity contribution in [1.29, 1.82) is 5.26 Å². The molecule has 108 valence electrons. The third-order valence-electron chi connectivity index (χ3n) is 2.95. The van der Waals surface area contributed by atoms with Crippen LogP contribution in [0.2, 0.25) is 0 Å². The van der Waals surface area contributed by atoms with Crippen molar-refractivity contribution in [3.63, 3.8) is 0 Å². The quantitative estimate of drug-likeness (QED) is 0.724. The number of ether oxygens (including phenoxy) is 2. The number of nitriles is 1. The zero-order valence-electron chi connectivity index (χ0n) is 11.4. The summed E-state index contributed by atoms with van der Waals surface area (Å²) in [5.41, 5.74) is 2.37. The van der Waals surface area contributed by atoms with E-state index in [1.807, 2.05) is 30.3 Å². The molecule has 0 saturated carbocycles. The molecule has 0 bridgehead atoms. The SMILES string of the molecule is COc1cc(CCl)cc(Br)c1OCc1ccccc1C#N. The summed E-state index contributed by atoms with van der Waals surface area (Å²) >= 11 is 9.30. The second-order valence-corrected chi connectivity index (χ2v) is 5.42. The van der Waals surface area contributed by atoms with Crippen LogP contribution in [0, 0.1) is 11.3 Å². The van der Waals surface area contributed by atoms with Crippen LogP contribution in [-0.2, 0) is 12.5 Å². The van der Waals surface area contributed by atoms with Crippen molar-refractivity contribution in [3.8, 4) is 17.6 Å². The molecule has 2 rings (SSSR count). The molecule has 21 heavy (non-hydrogen) atoms. The Kier molecular flexibility index (Phi) is 5.49. The second-order valence-electron chi connectivity index (χ2n) is 4.30. The number of methoxy groups -OCH3 is 1. The summed E-state index contributed by atoms with van der Waals surface area (Å²) in [4.78, 5) is 0. The van der Waals surface area contributed by atoms with E-state index in [2.05, 4.69) is 22.0 Å². The minimum absolute atomic E-state index is 0.291. The molecule has 0 N–H and O–H groups in total. The molecule has 0 aliphatic heterocycles. The monoisotopic (exact) mass is 365 g/mol. The largest absolute Gasteiger partial charge is 0.493 e. The van der Waals surface area contributed by atoms with Crippen LogP contribution in [0.1, 0.15) is 16.7 Å². The molecule has 0 saturated heterocycles. The van der Waals surface area contributed by atoms with Crippen LogP contribution < -0.4 is 9.47 Å². The summed E-state index contributed by atoms with van der Waals surface area (Å²) in [6.45, 7) is 0.291. The fourth-order valence-corrected chi connectivity index (χ4v) is 2.65. The first kappa shape index (κ1) is 15.7. The zero-order chi connectivity index (χ0) is 15.2. The molecule has 2 aromatic rings. The molecule has 0 aliphatic rings. The van der Waals surface area contributed by atoms with Gasteiger partial charge in [0.2, 0.25) is 0 Å². The van der Waals surface area contributed by atoms with Gasteiger partial charge in [-0.05, 0) is 39.7 Å². The van der Waals surface area contributed by atoms with Gasteiger partial charge in [-0.3, -0.25) is 0 Å². The Morgan fingerprint density at radius 1 is 1.29 bits per heavy atom. The first-order valence-electron chi connectivity index (χ1n) is 6.22. The van der Waals surface area contributed by atoms with Crippen LogP contribution in [0.4, 0.5) is 0 Å². The Labute approximate surface area is 137 Å². The van der Waals surface area contributed by atoms with Gasteiger partial charge in [0.1, 0.15) is 6.61 Å². The lowest BCUT2D eigenvalue weighted by Crippen LogP contribution is -2.01. The summed E-state index contributed by atoms with van der Waals surface area (Å²) < 4.78 is 11.9. The zero-order valence-corrected chi connectivity index (χ0v) is 13.7. The average Bonchev–Trinajstić information content (AvgIpc) is 2.53. The summed E-state index contributed by atoms with van der Waals surface area (Å²) in [5.74, 6) is 1.60. The second kappa shape index (κ2) is 7.35. The van der Waals surface area contributed by atoms with Gasteiger partial charge in [0.25, 0.3) is 0 Å². The van der Waals surface area contributed by atoms with E-state index in [1.165, 1.54) is 0 Å². The highest BCUT2D eigenvalue weighted by Crippen LogP contribution is 2.37. The molecule has 0 atom stereocenters. The predicted octanol–water partition coefficient (Wildman–Crippen LogP) is 4.65. The molecule has 0 amide bonds. The van der Waals surface area contributed by atoms with Gasteiger partial charge in [0, 0.05) is 11.4 Å². The smallest absolute Gasteiger partial charge is 0.175 e. The van der Waals surface area contributed by atoms with E-state index in [0.717, 1.165) is 15.6 Å². The minimum atomic E-state index is 0.291. The van der Waals surface area contributed by atoms with Gasteiger partial charge in [0.15, 0.2) is 11.5 Å². The van der Waals surface area contributed by atoms with Crippen LogP contribution >= 0.6 is 27.5 Å². The molecule has 0 unspecified atom stereocenters. The Morgan fingerprint density at radius 3 is 2.71 bits per heavy atom. The van der Waals surface area contributed by atoms with Gasteiger partial charge in [-0.2, -0.15) is 5.26 Å². The van der Waals surface area contributed by atoms with Crippen molar-refractivity contribution >= 4 is 27.5 Å². The molecular weight excluding hydrogens is 354 g/mol. The summed E-state index contributed by atoms with van der Waals surface area (Å²) in [6, 6.07) is 13.2. The van der Waals surface area contributed by atoms with E-state index in [0.29, 0.717) is 29.5 Å². The van der Waals surface area contributed by atoms with Crippen molar-refractivity contribution in [2.75, 3.05) is 7.11 Å². The Morgan fingerprint density at radius 2 is 2.05 bits per heavy atom. The van der Waals surface area contributed by atoms with Gasteiger partial charge in [0.05, 0.1) is 23.2 Å². The van der Waals surface area contributed by atoms with E-state index in [4.69, 9.17) is 26.3 Å². The molecular formula is C16H13BrClNO2. The van der Waals surface area contributed by atoms with E-state index < -0.39 is 0 Å². The predicted molar refractivity (Wildman–Crippen MR) is 85.7 cm³/mol. The van der Waals surface area contributed by atoms with Gasteiger partial charge < -0.3 is 9.47 Å². The van der Waals surface area contributed by atoms with Gasteiger partial charge in [-0.1, -0.05) is 18.2 Å². The van der Waals surface area contributed by atoms with Gasteiger partial charge in [-0.15, -0.1) is 11.6 Å². The van der Waals surface area contributed by atoms with Crippen molar-refractivity contribution in [2.24, 2.45) is 0 Å². The van der Waals surface area contributed by atoms with Crippen LogP contribution in [0.25, 0.3) is 0 Å². The van der Waals surface area contributed by atoms with E-state index >= 15 is 0 Å². The number of hydrogen-bond acceptors (Lipinski definition) is 3. The highest BCUT2D eigenvalue weighted by atomic mass is 79.9. The van der Waals surface area contributed by atoms with E-state index in [1.54, 1.807) is 13.2 Å². The lowest BCUT2D eigenvalue weighted by molar-refractivity contribution is 0.282. The maximum Gasteiger partial charge on any atom is 0.175 e. The maximum atomic E-state index is 9.09. The standard InChI is InChI=1S/C16H13BrClNO2/c1-20-15-7-11(8-18)6-14(17)16(15)21-10-13-5-3-2-4-12(13)9-19/h2-7H,8,10H2,1H3. The molecule has 0 fully saturated rings. The van der Waals surface area contributed by atoms with Crippen molar-refractivity contribution < 1.29 is 9.47 Å². The van der Waals surface area contributed by atoms with Gasteiger partial charge in [-0.25, -0.2) is 0 Å². The molecule has 0 aromatic heterocycles. The number of benzene rings is 2. The first-order valence-corrected chi connectivity index (χ1v) is 7.55. The molecule has 0 radical (unpaired) electrons. The maximum absolute atomic E-state index is 9.09. The number of alkyl halides is 1. The lowest BCUT2D eigenvalue weighted by atomic mass is 10.1. The van der Waals surface area contributed by atoms with Crippen molar-refractivity contribution in [3.05, 3.63) is 57.6 Å². The average molecular weight is 367 g/mol. The number of hydrogen-bond donors (Lipinski definition) is 0. The molecule has 2 aromatic carbocycles. The summed E-state index contributed by atoms with van der Waals surface area (Å²) in [7, 11) is 1.58. The molecule has 0 spiro atoms. The molecule has 3 nitrogen and oxygen atoms in total. The molecule has 5 heteroatoms. The normalized spacial score (nSPS) is 10.0. The van der Waals surface area contributed by atoms with Crippen LogP contribution in [0.5, 0.6) is 11.5 Å². The van der Waals surface area contributed by atoms with Gasteiger partial charge >= 0.3 is 0 Å². The topological polar surface area (TPSA) is 42.2 Å².